The number of methoxy groups -OCH3 is 1. The van der Waals surface area contributed by atoms with Gasteiger partial charge in [-0.15, -0.1) is 0 Å². The molecule has 2 rings (SSSR count). The van der Waals surface area contributed by atoms with Crippen LogP contribution in [0.4, 0.5) is 4.39 Å². The van der Waals surface area contributed by atoms with E-state index >= 15 is 0 Å². The van der Waals surface area contributed by atoms with Crippen LogP contribution < -0.4 is 10.1 Å². The monoisotopic (exact) mass is 345 g/mol. The molecule has 0 spiro atoms. The maximum Gasteiger partial charge on any atom is 0.335 e. The van der Waals surface area contributed by atoms with Gasteiger partial charge in [0.15, 0.2) is 11.6 Å². The highest BCUT2D eigenvalue weighted by Gasteiger charge is 2.10. The molecule has 1 amide bonds. The van der Waals surface area contributed by atoms with Gasteiger partial charge in [-0.3, -0.25) is 4.79 Å². The number of nitrogens with one attached hydrogen (secondary N) is 1. The number of carboxylic acid groups (broad SMARTS) is 1. The molecule has 0 unspecified atom stereocenters. The van der Waals surface area contributed by atoms with Crippen LogP contribution >= 0.6 is 0 Å². The molecule has 0 atom stereocenters. The standard InChI is InChI=1S/C19H20FNO4/c1-25-16-7-3-5-14(18(16)20)8-9-17(22)21-11-10-13-4-2-6-15(12-13)19(23)24/h2-7,12H,8-11H2,1H3,(H,21,22)(H,23,24). The summed E-state index contributed by atoms with van der Waals surface area (Å²) >= 11 is 0. The van der Waals surface area contributed by atoms with E-state index in [1.54, 1.807) is 24.3 Å². The van der Waals surface area contributed by atoms with Gasteiger partial charge in [-0.2, -0.15) is 0 Å². The van der Waals surface area contributed by atoms with Crippen LogP contribution in [0.15, 0.2) is 42.5 Å². The van der Waals surface area contributed by atoms with Crippen LogP contribution in [-0.2, 0) is 17.6 Å². The van der Waals surface area contributed by atoms with Crippen molar-refractivity contribution in [2.45, 2.75) is 19.3 Å². The average molecular weight is 345 g/mol. The summed E-state index contributed by atoms with van der Waals surface area (Å²) in [5.74, 6) is -1.44. The summed E-state index contributed by atoms with van der Waals surface area (Å²) in [5, 5.41) is 11.7. The van der Waals surface area contributed by atoms with Crippen molar-refractivity contribution in [2.75, 3.05) is 13.7 Å². The minimum atomic E-state index is -0.980. The highest BCUT2D eigenvalue weighted by molar-refractivity contribution is 5.87. The number of rotatable bonds is 8. The van der Waals surface area contributed by atoms with Gasteiger partial charge in [0, 0.05) is 13.0 Å². The molecule has 0 bridgehead atoms. The molecule has 2 aromatic carbocycles. The molecule has 0 saturated carbocycles. The van der Waals surface area contributed by atoms with Gasteiger partial charge in [0.05, 0.1) is 12.7 Å². The van der Waals surface area contributed by atoms with Gasteiger partial charge in [-0.1, -0.05) is 24.3 Å². The number of hydrogen-bond acceptors (Lipinski definition) is 3. The molecule has 0 aliphatic rings. The van der Waals surface area contributed by atoms with E-state index in [2.05, 4.69) is 5.32 Å². The Morgan fingerprint density at radius 3 is 2.64 bits per heavy atom. The molecule has 5 nitrogen and oxygen atoms in total. The van der Waals surface area contributed by atoms with Crippen LogP contribution in [0.5, 0.6) is 5.75 Å². The summed E-state index contributed by atoms with van der Waals surface area (Å²) in [6, 6.07) is 11.4. The van der Waals surface area contributed by atoms with Gasteiger partial charge in [0.25, 0.3) is 0 Å². The van der Waals surface area contributed by atoms with Gasteiger partial charge in [-0.05, 0) is 42.2 Å². The van der Waals surface area contributed by atoms with Gasteiger partial charge >= 0.3 is 5.97 Å². The lowest BCUT2D eigenvalue weighted by Gasteiger charge is -2.08. The molecule has 2 N–H and O–H groups in total. The highest BCUT2D eigenvalue weighted by atomic mass is 19.1. The number of ether oxygens (including phenoxy) is 1. The van der Waals surface area contributed by atoms with Crippen molar-refractivity contribution in [1.82, 2.24) is 5.32 Å². The lowest BCUT2D eigenvalue weighted by atomic mass is 10.1. The SMILES string of the molecule is COc1cccc(CCC(=O)NCCc2cccc(C(=O)O)c2)c1F. The van der Waals surface area contributed by atoms with E-state index in [4.69, 9.17) is 9.84 Å². The molecule has 0 aromatic heterocycles. The molecule has 25 heavy (non-hydrogen) atoms. The molecule has 2 aromatic rings. The van der Waals surface area contributed by atoms with Gasteiger partial charge in [0.2, 0.25) is 5.91 Å². The third-order valence-corrected chi connectivity index (χ3v) is 3.79. The van der Waals surface area contributed by atoms with E-state index in [-0.39, 0.29) is 30.1 Å². The molecule has 0 radical (unpaired) electrons. The summed E-state index contributed by atoms with van der Waals surface area (Å²) in [7, 11) is 1.40. The average Bonchev–Trinajstić information content (AvgIpc) is 2.61. The zero-order chi connectivity index (χ0) is 18.2. The van der Waals surface area contributed by atoms with E-state index in [0.717, 1.165) is 5.56 Å². The first kappa shape index (κ1) is 18.4. The molecular formula is C19H20FNO4. The largest absolute Gasteiger partial charge is 0.494 e. The maximum atomic E-state index is 14.0. The van der Waals surface area contributed by atoms with E-state index in [1.165, 1.54) is 19.2 Å². The van der Waals surface area contributed by atoms with Crippen LogP contribution in [0, 0.1) is 5.82 Å². The van der Waals surface area contributed by atoms with E-state index in [9.17, 15) is 14.0 Å². The number of benzene rings is 2. The fourth-order valence-corrected chi connectivity index (χ4v) is 2.45. The Kier molecular flexibility index (Phi) is 6.51. The van der Waals surface area contributed by atoms with Crippen molar-refractivity contribution in [2.24, 2.45) is 0 Å². The summed E-state index contributed by atoms with van der Waals surface area (Å²) in [4.78, 5) is 22.8. The van der Waals surface area contributed by atoms with Crippen molar-refractivity contribution >= 4 is 11.9 Å². The molecular weight excluding hydrogens is 325 g/mol. The Labute approximate surface area is 145 Å². The van der Waals surface area contributed by atoms with Gasteiger partial charge < -0.3 is 15.2 Å². The second-order valence-corrected chi connectivity index (χ2v) is 5.54. The Morgan fingerprint density at radius 2 is 1.92 bits per heavy atom. The lowest BCUT2D eigenvalue weighted by molar-refractivity contribution is -0.121. The maximum absolute atomic E-state index is 14.0. The number of carboxylic acids is 1. The summed E-state index contributed by atoms with van der Waals surface area (Å²) < 4.78 is 18.9. The zero-order valence-corrected chi connectivity index (χ0v) is 13.9. The first-order chi connectivity index (χ1) is 12.0. The Morgan fingerprint density at radius 1 is 1.16 bits per heavy atom. The van der Waals surface area contributed by atoms with Crippen molar-refractivity contribution in [3.63, 3.8) is 0 Å². The van der Waals surface area contributed by atoms with E-state index in [0.29, 0.717) is 18.5 Å². The fraction of sp³-hybridized carbons (Fsp3) is 0.263. The van der Waals surface area contributed by atoms with E-state index in [1.807, 2.05) is 6.07 Å². The molecule has 0 heterocycles. The van der Waals surface area contributed by atoms with Crippen molar-refractivity contribution in [1.29, 1.82) is 0 Å². The summed E-state index contributed by atoms with van der Waals surface area (Å²) in [6.07, 6.45) is 0.975. The number of carbonyl (C=O) groups is 2. The van der Waals surface area contributed by atoms with Crippen LogP contribution in [-0.4, -0.2) is 30.6 Å². The first-order valence-electron chi connectivity index (χ1n) is 7.91. The van der Waals surface area contributed by atoms with E-state index < -0.39 is 11.8 Å². The predicted molar refractivity (Wildman–Crippen MR) is 91.4 cm³/mol. The number of halogens is 1. The Bertz CT molecular complexity index is 761. The second kappa shape index (κ2) is 8.82. The van der Waals surface area contributed by atoms with Crippen molar-refractivity contribution < 1.29 is 23.8 Å². The molecule has 132 valence electrons. The minimum absolute atomic E-state index is 0.163. The molecule has 0 aliphatic heterocycles. The number of aromatic carboxylic acids is 1. The number of aryl methyl sites for hydroxylation is 1. The third kappa shape index (κ3) is 5.31. The molecule has 0 fully saturated rings. The lowest BCUT2D eigenvalue weighted by Crippen LogP contribution is -2.26. The molecule has 0 aliphatic carbocycles. The van der Waals surface area contributed by atoms with Crippen molar-refractivity contribution in [3.05, 3.63) is 65.0 Å². The van der Waals surface area contributed by atoms with Gasteiger partial charge in [-0.25, -0.2) is 9.18 Å². The number of amides is 1. The zero-order valence-electron chi connectivity index (χ0n) is 13.9. The minimum Gasteiger partial charge on any atom is -0.494 e. The summed E-state index contributed by atoms with van der Waals surface area (Å²) in [5.41, 5.74) is 1.49. The molecule has 6 heteroatoms. The molecule has 0 saturated heterocycles. The Hall–Kier alpha value is -2.89. The number of hydrogen-bond donors (Lipinski definition) is 2. The van der Waals surface area contributed by atoms with Crippen molar-refractivity contribution in [3.8, 4) is 5.75 Å². The van der Waals surface area contributed by atoms with Crippen LogP contribution in [0.2, 0.25) is 0 Å². The van der Waals surface area contributed by atoms with Gasteiger partial charge in [0.1, 0.15) is 0 Å². The van der Waals surface area contributed by atoms with Crippen LogP contribution in [0.1, 0.15) is 27.9 Å². The normalized spacial score (nSPS) is 10.3. The third-order valence-electron chi connectivity index (χ3n) is 3.79. The van der Waals surface area contributed by atoms with Crippen LogP contribution in [0.25, 0.3) is 0 Å². The quantitative estimate of drug-likeness (QED) is 0.771. The summed E-state index contributed by atoms with van der Waals surface area (Å²) in [6.45, 7) is 0.391. The number of carbonyl (C=O) groups excluding carboxylic acids is 1. The second-order valence-electron chi connectivity index (χ2n) is 5.54. The highest BCUT2D eigenvalue weighted by Crippen LogP contribution is 2.20. The Balaban J connectivity index is 1.80. The smallest absolute Gasteiger partial charge is 0.335 e. The predicted octanol–water partition coefficient (Wildman–Crippen LogP) is 2.82. The fourth-order valence-electron chi connectivity index (χ4n) is 2.45. The topological polar surface area (TPSA) is 75.6 Å². The first-order valence-corrected chi connectivity index (χ1v) is 7.91. The van der Waals surface area contributed by atoms with Crippen LogP contribution in [0.3, 0.4) is 0 Å².